The minimum absolute atomic E-state index is 0.0674. The first kappa shape index (κ1) is 21.9. The van der Waals surface area contributed by atoms with Crippen molar-refractivity contribution >= 4 is 5.97 Å². The van der Waals surface area contributed by atoms with Crippen LogP contribution < -0.4 is 4.74 Å². The molecule has 1 saturated carbocycles. The third kappa shape index (κ3) is 8.90. The van der Waals surface area contributed by atoms with Crippen molar-refractivity contribution in [1.29, 1.82) is 0 Å². The Morgan fingerprint density at radius 3 is 2.19 bits per heavy atom. The van der Waals surface area contributed by atoms with Gasteiger partial charge in [-0.3, -0.25) is 9.78 Å². The van der Waals surface area contributed by atoms with E-state index in [0.717, 1.165) is 24.5 Å². The fourth-order valence-electron chi connectivity index (χ4n) is 4.14. The topological polar surface area (TPSA) is 39.2 Å². The standard InChI is InChI=1S/C24H39NO2/c1-3-4-5-6-7-8-9-10-11-12-21-14-16-22(17-15-21)24(26)27-23-18-13-20(2)25-19-23/h13,18-19,21-22H,3-12,14-17H2,1-2H3/t21-,22-. The molecular weight excluding hydrogens is 334 g/mol. The van der Waals surface area contributed by atoms with E-state index < -0.39 is 0 Å². The molecule has 0 unspecified atom stereocenters. The fraction of sp³-hybridized carbons (Fsp3) is 0.750. The SMILES string of the molecule is CCCCCCCCCCC[C@H]1CC[C@H](C(=O)Oc2ccc(C)nc2)CC1. The lowest BCUT2D eigenvalue weighted by Gasteiger charge is -2.27. The van der Waals surface area contributed by atoms with Crippen molar-refractivity contribution in [2.24, 2.45) is 11.8 Å². The quantitative estimate of drug-likeness (QED) is 0.292. The second kappa shape index (κ2) is 12.9. The summed E-state index contributed by atoms with van der Waals surface area (Å²) >= 11 is 0. The molecule has 0 atom stereocenters. The number of aromatic nitrogens is 1. The number of unbranched alkanes of at least 4 members (excludes halogenated alkanes) is 8. The first-order chi connectivity index (χ1) is 13.2. The molecule has 1 aliphatic carbocycles. The molecule has 1 heterocycles. The molecule has 1 aliphatic rings. The maximum atomic E-state index is 12.3. The molecule has 0 aromatic carbocycles. The van der Waals surface area contributed by atoms with Crippen LogP contribution >= 0.6 is 0 Å². The number of ether oxygens (including phenoxy) is 1. The van der Waals surface area contributed by atoms with E-state index in [1.54, 1.807) is 6.20 Å². The molecule has 0 bridgehead atoms. The van der Waals surface area contributed by atoms with Gasteiger partial charge in [-0.15, -0.1) is 0 Å². The summed E-state index contributed by atoms with van der Waals surface area (Å²) in [6, 6.07) is 3.71. The average Bonchev–Trinajstić information content (AvgIpc) is 2.69. The van der Waals surface area contributed by atoms with Gasteiger partial charge in [0.1, 0.15) is 5.75 Å². The van der Waals surface area contributed by atoms with Crippen molar-refractivity contribution in [2.75, 3.05) is 0 Å². The van der Waals surface area contributed by atoms with E-state index in [-0.39, 0.29) is 11.9 Å². The summed E-state index contributed by atoms with van der Waals surface area (Å²) in [5.41, 5.74) is 0.937. The van der Waals surface area contributed by atoms with Gasteiger partial charge in [0.05, 0.1) is 12.1 Å². The van der Waals surface area contributed by atoms with Crippen LogP contribution in [0.15, 0.2) is 18.3 Å². The van der Waals surface area contributed by atoms with Crippen molar-refractivity contribution in [2.45, 2.75) is 104 Å². The predicted octanol–water partition coefficient (Wildman–Crippen LogP) is 7.02. The van der Waals surface area contributed by atoms with E-state index in [1.165, 1.54) is 77.0 Å². The maximum absolute atomic E-state index is 12.3. The number of pyridine rings is 1. The molecule has 0 N–H and O–H groups in total. The number of hydrogen-bond donors (Lipinski definition) is 0. The Morgan fingerprint density at radius 2 is 1.59 bits per heavy atom. The summed E-state index contributed by atoms with van der Waals surface area (Å²) in [6.07, 6.45) is 19.9. The van der Waals surface area contributed by atoms with Crippen molar-refractivity contribution in [3.8, 4) is 5.75 Å². The normalized spacial score (nSPS) is 19.8. The molecule has 0 spiro atoms. The molecule has 152 valence electrons. The average molecular weight is 374 g/mol. The Morgan fingerprint density at radius 1 is 0.963 bits per heavy atom. The van der Waals surface area contributed by atoms with Gasteiger partial charge in [-0.2, -0.15) is 0 Å². The summed E-state index contributed by atoms with van der Waals surface area (Å²) in [5.74, 6) is 1.40. The van der Waals surface area contributed by atoms with Crippen molar-refractivity contribution < 1.29 is 9.53 Å². The molecule has 1 aromatic rings. The van der Waals surface area contributed by atoms with E-state index in [0.29, 0.717) is 5.75 Å². The highest BCUT2D eigenvalue weighted by atomic mass is 16.5. The number of carbonyl (C=O) groups excluding carboxylic acids is 1. The lowest BCUT2D eigenvalue weighted by Crippen LogP contribution is -2.25. The zero-order valence-electron chi connectivity index (χ0n) is 17.5. The van der Waals surface area contributed by atoms with Crippen LogP contribution in [-0.2, 0) is 4.79 Å². The van der Waals surface area contributed by atoms with Gasteiger partial charge >= 0.3 is 5.97 Å². The second-order valence-corrected chi connectivity index (χ2v) is 8.39. The molecule has 3 nitrogen and oxygen atoms in total. The molecule has 0 amide bonds. The van der Waals surface area contributed by atoms with E-state index in [4.69, 9.17) is 4.74 Å². The summed E-state index contributed by atoms with van der Waals surface area (Å²) in [7, 11) is 0. The van der Waals surface area contributed by atoms with Crippen LogP contribution in [0.2, 0.25) is 0 Å². The smallest absolute Gasteiger partial charge is 0.314 e. The third-order valence-corrected chi connectivity index (χ3v) is 6.00. The Labute approximate surface area is 166 Å². The monoisotopic (exact) mass is 373 g/mol. The molecule has 2 rings (SSSR count). The summed E-state index contributed by atoms with van der Waals surface area (Å²) in [5, 5.41) is 0. The Bertz CT molecular complexity index is 518. The van der Waals surface area contributed by atoms with Gasteiger partial charge in [-0.1, -0.05) is 71.1 Å². The second-order valence-electron chi connectivity index (χ2n) is 8.39. The minimum Gasteiger partial charge on any atom is -0.425 e. The Kier molecular flexibility index (Phi) is 10.5. The number of nitrogens with zero attached hydrogens (tertiary/aromatic N) is 1. The summed E-state index contributed by atoms with van der Waals surface area (Å²) in [6.45, 7) is 4.21. The van der Waals surface area contributed by atoms with Crippen LogP contribution in [0.25, 0.3) is 0 Å². The number of rotatable bonds is 12. The number of carbonyl (C=O) groups is 1. The van der Waals surface area contributed by atoms with Gasteiger partial charge in [0.2, 0.25) is 0 Å². The van der Waals surface area contributed by atoms with Crippen molar-refractivity contribution in [3.63, 3.8) is 0 Å². The minimum atomic E-state index is -0.0674. The number of esters is 1. The van der Waals surface area contributed by atoms with Crippen molar-refractivity contribution in [1.82, 2.24) is 4.98 Å². The van der Waals surface area contributed by atoms with Gasteiger partial charge in [0.15, 0.2) is 0 Å². The van der Waals surface area contributed by atoms with E-state index in [9.17, 15) is 4.79 Å². The highest BCUT2D eigenvalue weighted by molar-refractivity contribution is 5.75. The van der Waals surface area contributed by atoms with Crippen LogP contribution in [0.1, 0.15) is 103 Å². The highest BCUT2D eigenvalue weighted by Gasteiger charge is 2.27. The Balaban J connectivity index is 1.51. The molecule has 1 fully saturated rings. The van der Waals surface area contributed by atoms with Crippen LogP contribution in [0.3, 0.4) is 0 Å². The maximum Gasteiger partial charge on any atom is 0.314 e. The largest absolute Gasteiger partial charge is 0.425 e. The predicted molar refractivity (Wildman–Crippen MR) is 112 cm³/mol. The first-order valence-electron chi connectivity index (χ1n) is 11.3. The van der Waals surface area contributed by atoms with Crippen LogP contribution in [-0.4, -0.2) is 11.0 Å². The highest BCUT2D eigenvalue weighted by Crippen LogP contribution is 2.33. The van der Waals surface area contributed by atoms with E-state index in [1.807, 2.05) is 19.1 Å². The van der Waals surface area contributed by atoms with Gasteiger partial charge in [0.25, 0.3) is 0 Å². The first-order valence-corrected chi connectivity index (χ1v) is 11.3. The lowest BCUT2D eigenvalue weighted by atomic mass is 9.80. The van der Waals surface area contributed by atoms with Crippen LogP contribution in [0.5, 0.6) is 5.75 Å². The van der Waals surface area contributed by atoms with E-state index >= 15 is 0 Å². The van der Waals surface area contributed by atoms with Gasteiger partial charge in [-0.25, -0.2) is 0 Å². The van der Waals surface area contributed by atoms with Gasteiger partial charge in [0, 0.05) is 5.69 Å². The van der Waals surface area contributed by atoms with Crippen LogP contribution in [0.4, 0.5) is 0 Å². The zero-order valence-corrected chi connectivity index (χ0v) is 17.5. The van der Waals surface area contributed by atoms with Crippen LogP contribution in [0, 0.1) is 18.8 Å². The Hall–Kier alpha value is -1.38. The van der Waals surface area contributed by atoms with Crippen molar-refractivity contribution in [3.05, 3.63) is 24.0 Å². The van der Waals surface area contributed by atoms with E-state index in [2.05, 4.69) is 11.9 Å². The number of aryl methyl sites for hydroxylation is 1. The lowest BCUT2D eigenvalue weighted by molar-refractivity contribution is -0.140. The number of hydrogen-bond acceptors (Lipinski definition) is 3. The molecule has 0 aliphatic heterocycles. The van der Waals surface area contributed by atoms with Gasteiger partial charge in [-0.05, 0) is 50.7 Å². The fourth-order valence-corrected chi connectivity index (χ4v) is 4.14. The summed E-state index contributed by atoms with van der Waals surface area (Å²) in [4.78, 5) is 16.5. The van der Waals surface area contributed by atoms with Gasteiger partial charge < -0.3 is 4.74 Å². The molecular formula is C24H39NO2. The molecule has 27 heavy (non-hydrogen) atoms. The third-order valence-electron chi connectivity index (χ3n) is 6.00. The molecule has 1 aromatic heterocycles. The molecule has 0 radical (unpaired) electrons. The molecule has 0 saturated heterocycles. The summed E-state index contributed by atoms with van der Waals surface area (Å²) < 4.78 is 5.50. The molecule has 3 heteroatoms. The zero-order chi connectivity index (χ0) is 19.3.